The fourth-order valence-corrected chi connectivity index (χ4v) is 3.69. The average Bonchev–Trinajstić information content (AvgIpc) is 2.66. The zero-order valence-electron chi connectivity index (χ0n) is 15.0. The topological polar surface area (TPSA) is 84.9 Å². The summed E-state index contributed by atoms with van der Waals surface area (Å²) in [6.45, 7) is 1.06. The van der Waals surface area contributed by atoms with Crippen molar-refractivity contribution in [3.05, 3.63) is 60.2 Å². The Bertz CT molecular complexity index is 886. The summed E-state index contributed by atoms with van der Waals surface area (Å²) in [7, 11) is -3.52. The highest BCUT2D eigenvalue weighted by atomic mass is 32.2. The van der Waals surface area contributed by atoms with Gasteiger partial charge >= 0.3 is 0 Å². The molecule has 0 aromatic heterocycles. The highest BCUT2D eigenvalue weighted by Gasteiger charge is 2.34. The Kier molecular flexibility index (Phi) is 5.98. The smallest absolute Gasteiger partial charge is 0.263 e. The molecule has 1 aliphatic rings. The number of rotatable bonds is 7. The van der Waals surface area contributed by atoms with Gasteiger partial charge in [-0.15, -0.1) is 0 Å². The van der Waals surface area contributed by atoms with Crippen LogP contribution in [0.1, 0.15) is 5.56 Å². The van der Waals surface area contributed by atoms with Crippen molar-refractivity contribution in [2.75, 3.05) is 30.3 Å². The predicted octanol–water partition coefficient (Wildman–Crippen LogP) is 1.55. The second-order valence-corrected chi connectivity index (χ2v) is 8.10. The molecule has 7 nitrogen and oxygen atoms in total. The number of carbonyl (C=O) groups is 1. The van der Waals surface area contributed by atoms with Crippen LogP contribution in [-0.4, -0.2) is 46.4 Å². The lowest BCUT2D eigenvalue weighted by Gasteiger charge is -2.33. The average molecular weight is 390 g/mol. The van der Waals surface area contributed by atoms with E-state index in [1.54, 1.807) is 24.3 Å². The summed E-state index contributed by atoms with van der Waals surface area (Å²) < 4.78 is 36.5. The number of anilines is 1. The van der Waals surface area contributed by atoms with Crippen LogP contribution in [0.5, 0.6) is 5.75 Å². The van der Waals surface area contributed by atoms with Crippen LogP contribution in [0.3, 0.4) is 0 Å². The van der Waals surface area contributed by atoms with Gasteiger partial charge in [-0.05, 0) is 17.7 Å². The third-order valence-corrected chi connectivity index (χ3v) is 5.23. The molecule has 0 saturated carbocycles. The molecule has 2 aromatic carbocycles. The maximum Gasteiger partial charge on any atom is 0.263 e. The van der Waals surface area contributed by atoms with Crippen LogP contribution in [0.25, 0.3) is 0 Å². The Morgan fingerprint density at radius 2 is 1.89 bits per heavy atom. The van der Waals surface area contributed by atoms with Crippen LogP contribution >= 0.6 is 0 Å². The van der Waals surface area contributed by atoms with Crippen LogP contribution < -0.4 is 14.4 Å². The van der Waals surface area contributed by atoms with E-state index in [1.807, 2.05) is 30.3 Å². The number of hydrogen-bond acceptors (Lipinski definition) is 5. The van der Waals surface area contributed by atoms with Gasteiger partial charge in [0.15, 0.2) is 6.10 Å². The normalized spacial score (nSPS) is 16.3. The predicted molar refractivity (Wildman–Crippen MR) is 102 cm³/mol. The van der Waals surface area contributed by atoms with Crippen molar-refractivity contribution in [2.24, 2.45) is 0 Å². The SMILES string of the molecule is CS(=O)(=O)N1C[C@H](C(=O)NCCOCc2ccccc2)Oc2ccccc21. The monoisotopic (exact) mass is 390 g/mol. The van der Waals surface area contributed by atoms with Crippen LogP contribution in [0, 0.1) is 0 Å². The molecule has 144 valence electrons. The minimum absolute atomic E-state index is 0.0629. The molecule has 0 saturated heterocycles. The molecule has 0 spiro atoms. The van der Waals surface area contributed by atoms with Gasteiger partial charge in [0.25, 0.3) is 5.91 Å². The van der Waals surface area contributed by atoms with Crippen molar-refractivity contribution in [1.82, 2.24) is 5.32 Å². The molecule has 0 radical (unpaired) electrons. The van der Waals surface area contributed by atoms with E-state index in [9.17, 15) is 13.2 Å². The molecule has 8 heteroatoms. The van der Waals surface area contributed by atoms with Gasteiger partial charge in [0.05, 0.1) is 31.7 Å². The minimum atomic E-state index is -3.52. The highest BCUT2D eigenvalue weighted by Crippen LogP contribution is 2.34. The Morgan fingerprint density at radius 3 is 2.63 bits per heavy atom. The summed E-state index contributed by atoms with van der Waals surface area (Å²) in [4.78, 5) is 12.4. The number of ether oxygens (including phenoxy) is 2. The van der Waals surface area contributed by atoms with Crippen molar-refractivity contribution in [3.8, 4) is 5.75 Å². The van der Waals surface area contributed by atoms with E-state index in [0.29, 0.717) is 31.2 Å². The van der Waals surface area contributed by atoms with Crippen molar-refractivity contribution in [3.63, 3.8) is 0 Å². The van der Waals surface area contributed by atoms with Crippen molar-refractivity contribution < 1.29 is 22.7 Å². The second-order valence-electron chi connectivity index (χ2n) is 6.20. The first-order chi connectivity index (χ1) is 12.9. The number of amides is 1. The summed E-state index contributed by atoms with van der Waals surface area (Å²) in [5.41, 5.74) is 1.50. The lowest BCUT2D eigenvalue weighted by molar-refractivity contribution is -0.128. The number of sulfonamides is 1. The van der Waals surface area contributed by atoms with E-state index >= 15 is 0 Å². The van der Waals surface area contributed by atoms with Gasteiger partial charge in [-0.25, -0.2) is 8.42 Å². The molecule has 1 N–H and O–H groups in total. The van der Waals surface area contributed by atoms with Crippen molar-refractivity contribution in [2.45, 2.75) is 12.7 Å². The van der Waals surface area contributed by atoms with Gasteiger partial charge in [0.2, 0.25) is 10.0 Å². The Hall–Kier alpha value is -2.58. The number of carbonyl (C=O) groups excluding carboxylic acids is 1. The molecule has 0 unspecified atom stereocenters. The second kappa shape index (κ2) is 8.41. The molecule has 27 heavy (non-hydrogen) atoms. The minimum Gasteiger partial charge on any atom is -0.476 e. The maximum atomic E-state index is 12.4. The zero-order chi connectivity index (χ0) is 19.3. The van der Waals surface area contributed by atoms with Crippen molar-refractivity contribution in [1.29, 1.82) is 0 Å². The van der Waals surface area contributed by atoms with Crippen LogP contribution in [0.2, 0.25) is 0 Å². The van der Waals surface area contributed by atoms with Crippen LogP contribution in [-0.2, 0) is 26.2 Å². The van der Waals surface area contributed by atoms with Crippen LogP contribution in [0.4, 0.5) is 5.69 Å². The van der Waals surface area contributed by atoms with E-state index in [4.69, 9.17) is 9.47 Å². The summed E-state index contributed by atoms with van der Waals surface area (Å²) >= 11 is 0. The lowest BCUT2D eigenvalue weighted by atomic mass is 10.2. The molecular formula is C19H22N2O5S. The largest absolute Gasteiger partial charge is 0.476 e. The Labute approximate surface area is 158 Å². The molecule has 1 amide bonds. The van der Waals surface area contributed by atoms with E-state index in [2.05, 4.69) is 5.32 Å². The molecule has 2 aromatic rings. The fraction of sp³-hybridized carbons (Fsp3) is 0.316. The Morgan fingerprint density at radius 1 is 1.19 bits per heavy atom. The van der Waals surface area contributed by atoms with Gasteiger partial charge in [-0.3, -0.25) is 9.10 Å². The molecule has 1 heterocycles. The molecule has 0 aliphatic carbocycles. The van der Waals surface area contributed by atoms with Gasteiger partial charge in [-0.2, -0.15) is 0 Å². The van der Waals surface area contributed by atoms with Gasteiger partial charge < -0.3 is 14.8 Å². The zero-order valence-corrected chi connectivity index (χ0v) is 15.8. The van der Waals surface area contributed by atoms with E-state index in [0.717, 1.165) is 11.8 Å². The summed E-state index contributed by atoms with van der Waals surface area (Å²) in [6, 6.07) is 16.5. The molecule has 1 aliphatic heterocycles. The van der Waals surface area contributed by atoms with Gasteiger partial charge in [0.1, 0.15) is 5.75 Å². The number of benzene rings is 2. The number of para-hydroxylation sites is 2. The summed E-state index contributed by atoms with van der Waals surface area (Å²) in [5, 5.41) is 2.73. The molecule has 3 rings (SSSR count). The first kappa shape index (κ1) is 19.2. The van der Waals surface area contributed by atoms with E-state index in [1.165, 1.54) is 4.31 Å². The summed E-state index contributed by atoms with van der Waals surface area (Å²) in [5.74, 6) is -0.00360. The van der Waals surface area contributed by atoms with Gasteiger partial charge in [0, 0.05) is 6.54 Å². The van der Waals surface area contributed by atoms with E-state index in [-0.39, 0.29) is 12.5 Å². The number of fused-ring (bicyclic) bond motifs is 1. The Balaban J connectivity index is 1.53. The molecule has 0 fully saturated rings. The molecule has 1 atom stereocenters. The standard InChI is InChI=1S/C19H22N2O5S/c1-27(23,24)21-13-18(26-17-10-6-5-9-16(17)21)19(22)20-11-12-25-14-15-7-3-2-4-8-15/h2-10,18H,11-14H2,1H3,(H,20,22)/t18-/m1/s1. The maximum absolute atomic E-state index is 12.4. The van der Waals surface area contributed by atoms with Crippen LogP contribution in [0.15, 0.2) is 54.6 Å². The number of nitrogens with zero attached hydrogens (tertiary/aromatic N) is 1. The first-order valence-electron chi connectivity index (χ1n) is 8.58. The third-order valence-electron chi connectivity index (χ3n) is 4.08. The quantitative estimate of drug-likeness (QED) is 0.725. The van der Waals surface area contributed by atoms with Crippen molar-refractivity contribution >= 4 is 21.6 Å². The summed E-state index contributed by atoms with van der Waals surface area (Å²) in [6.07, 6.45) is 0.199. The molecule has 0 bridgehead atoms. The lowest BCUT2D eigenvalue weighted by Crippen LogP contribution is -2.50. The first-order valence-corrected chi connectivity index (χ1v) is 10.4. The number of hydrogen-bond donors (Lipinski definition) is 1. The third kappa shape index (κ3) is 4.99. The highest BCUT2D eigenvalue weighted by molar-refractivity contribution is 7.92. The van der Waals surface area contributed by atoms with Gasteiger partial charge in [-0.1, -0.05) is 42.5 Å². The molecular weight excluding hydrogens is 368 g/mol. The number of nitrogens with one attached hydrogen (secondary N) is 1. The fourth-order valence-electron chi connectivity index (χ4n) is 2.78. The van der Waals surface area contributed by atoms with E-state index < -0.39 is 16.1 Å².